The van der Waals surface area contributed by atoms with Gasteiger partial charge in [-0.1, -0.05) is 0 Å². The Kier molecular flexibility index (Phi) is 7.08. The molecule has 0 spiro atoms. The molecule has 0 aliphatic rings. The van der Waals surface area contributed by atoms with Gasteiger partial charge in [-0.05, 0) is 14.1 Å². The molecule has 0 saturated heterocycles. The maximum Gasteiger partial charge on any atom is 0.209 e. The first kappa shape index (κ1) is 10.4. The van der Waals surface area contributed by atoms with E-state index >= 15 is 0 Å². The van der Waals surface area contributed by atoms with Crippen molar-refractivity contribution in [3.05, 3.63) is 0 Å². The third kappa shape index (κ3) is 5.82. The normalized spacial score (nSPS) is 9.64. The van der Waals surface area contributed by atoms with Crippen molar-refractivity contribution in [3.8, 4) is 0 Å². The average Bonchev–Trinajstić information content (AvgIpc) is 2.05. The highest BCUT2D eigenvalue weighted by molar-refractivity contribution is 5.46. The second-order valence-electron chi connectivity index (χ2n) is 2.35. The second-order valence-corrected chi connectivity index (χ2v) is 2.35. The molecule has 0 aromatic rings. The molecular formula is C7H17N3O. The fourth-order valence-corrected chi connectivity index (χ4v) is 0.728. The maximum absolute atomic E-state index is 10.4. The Morgan fingerprint density at radius 1 is 1.18 bits per heavy atom. The lowest BCUT2D eigenvalue weighted by molar-refractivity contribution is -0.118. The van der Waals surface area contributed by atoms with E-state index in [9.17, 15) is 4.79 Å². The van der Waals surface area contributed by atoms with E-state index in [0.717, 1.165) is 32.6 Å². The molecule has 0 aliphatic heterocycles. The Balaban J connectivity index is 3.33. The first-order chi connectivity index (χ1) is 5.35. The largest absolute Gasteiger partial charge is 0.343 e. The van der Waals surface area contributed by atoms with Crippen molar-refractivity contribution in [1.29, 1.82) is 0 Å². The first-order valence-electron chi connectivity index (χ1n) is 3.83. The maximum atomic E-state index is 10.4. The van der Waals surface area contributed by atoms with Crippen molar-refractivity contribution >= 4 is 6.41 Å². The fourth-order valence-electron chi connectivity index (χ4n) is 0.728. The molecule has 0 saturated carbocycles. The van der Waals surface area contributed by atoms with Crippen LogP contribution in [0.5, 0.6) is 0 Å². The molecule has 2 N–H and O–H groups in total. The molecule has 0 aromatic heterocycles. The van der Waals surface area contributed by atoms with Crippen LogP contribution < -0.4 is 10.6 Å². The van der Waals surface area contributed by atoms with Crippen molar-refractivity contribution in [2.75, 3.05) is 40.3 Å². The van der Waals surface area contributed by atoms with Gasteiger partial charge in [-0.15, -0.1) is 0 Å². The van der Waals surface area contributed by atoms with Crippen LogP contribution in [-0.2, 0) is 4.79 Å². The summed E-state index contributed by atoms with van der Waals surface area (Å²) < 4.78 is 0. The van der Waals surface area contributed by atoms with Gasteiger partial charge in [-0.3, -0.25) is 4.79 Å². The number of rotatable bonds is 7. The summed E-state index contributed by atoms with van der Waals surface area (Å²) in [5, 5.41) is 5.98. The van der Waals surface area contributed by atoms with E-state index < -0.39 is 0 Å². The van der Waals surface area contributed by atoms with Crippen LogP contribution in [0.3, 0.4) is 0 Å². The minimum absolute atomic E-state index is 0.779. The molecule has 0 aromatic carbocycles. The van der Waals surface area contributed by atoms with Crippen LogP contribution in [0.4, 0.5) is 0 Å². The zero-order valence-electron chi connectivity index (χ0n) is 7.26. The van der Waals surface area contributed by atoms with Crippen molar-refractivity contribution in [2.24, 2.45) is 0 Å². The fraction of sp³-hybridized carbons (Fsp3) is 0.857. The van der Waals surface area contributed by atoms with Crippen molar-refractivity contribution in [1.82, 2.24) is 15.5 Å². The average molecular weight is 159 g/mol. The number of hydrogen-bond acceptors (Lipinski definition) is 3. The molecular weight excluding hydrogens is 142 g/mol. The number of carbonyl (C=O) groups is 1. The molecule has 0 atom stereocenters. The number of nitrogens with zero attached hydrogens (tertiary/aromatic N) is 1. The summed E-state index contributed by atoms with van der Waals surface area (Å²) in [6.45, 7) is 3.26. The van der Waals surface area contributed by atoms with Gasteiger partial charge in [0.2, 0.25) is 6.41 Å². The SMILES string of the molecule is CNCCN(C=O)CCNC. The first-order valence-corrected chi connectivity index (χ1v) is 3.83. The standard InChI is InChI=1S/C7H17N3O/c1-8-3-5-10(7-11)6-4-9-2/h7-9H,3-6H2,1-2H3. The Morgan fingerprint density at radius 2 is 1.64 bits per heavy atom. The van der Waals surface area contributed by atoms with E-state index in [1.54, 1.807) is 4.90 Å². The highest BCUT2D eigenvalue weighted by Crippen LogP contribution is 1.78. The van der Waals surface area contributed by atoms with Crippen molar-refractivity contribution in [3.63, 3.8) is 0 Å². The third-order valence-electron chi connectivity index (χ3n) is 1.45. The lowest BCUT2D eigenvalue weighted by atomic mass is 10.5. The van der Waals surface area contributed by atoms with Gasteiger partial charge < -0.3 is 15.5 Å². The van der Waals surface area contributed by atoms with Gasteiger partial charge in [0.15, 0.2) is 0 Å². The van der Waals surface area contributed by atoms with Crippen molar-refractivity contribution in [2.45, 2.75) is 0 Å². The Bertz CT molecular complexity index is 89.7. The van der Waals surface area contributed by atoms with E-state index in [-0.39, 0.29) is 0 Å². The molecule has 11 heavy (non-hydrogen) atoms. The predicted octanol–water partition coefficient (Wildman–Crippen LogP) is -1.12. The van der Waals surface area contributed by atoms with Gasteiger partial charge in [0.05, 0.1) is 0 Å². The molecule has 1 amide bonds. The van der Waals surface area contributed by atoms with Gasteiger partial charge in [0, 0.05) is 26.2 Å². The predicted molar refractivity (Wildman–Crippen MR) is 45.5 cm³/mol. The highest BCUT2D eigenvalue weighted by Gasteiger charge is 1.97. The number of hydrogen-bond donors (Lipinski definition) is 2. The number of likely N-dealkylation sites (N-methyl/N-ethyl adjacent to an activating group) is 2. The second kappa shape index (κ2) is 7.50. The summed E-state index contributed by atoms with van der Waals surface area (Å²) in [6, 6.07) is 0. The molecule has 0 rings (SSSR count). The molecule has 0 fully saturated rings. The summed E-state index contributed by atoms with van der Waals surface area (Å²) >= 11 is 0. The van der Waals surface area contributed by atoms with Crippen LogP contribution in [0.15, 0.2) is 0 Å². The lowest BCUT2D eigenvalue weighted by Crippen LogP contribution is -2.34. The molecule has 0 aliphatic carbocycles. The van der Waals surface area contributed by atoms with Crippen LogP contribution in [0.2, 0.25) is 0 Å². The van der Waals surface area contributed by atoms with Crippen LogP contribution in [0, 0.1) is 0 Å². The number of amides is 1. The monoisotopic (exact) mass is 159 g/mol. The van der Waals surface area contributed by atoms with Crippen LogP contribution in [-0.4, -0.2) is 51.6 Å². The summed E-state index contributed by atoms with van der Waals surface area (Å²) in [5.41, 5.74) is 0. The molecule has 0 radical (unpaired) electrons. The van der Waals surface area contributed by atoms with E-state index in [1.807, 2.05) is 14.1 Å². The summed E-state index contributed by atoms with van der Waals surface area (Å²) in [5.74, 6) is 0. The quantitative estimate of drug-likeness (QED) is 0.463. The van der Waals surface area contributed by atoms with E-state index in [0.29, 0.717) is 0 Å². The van der Waals surface area contributed by atoms with Crippen LogP contribution in [0.1, 0.15) is 0 Å². The van der Waals surface area contributed by atoms with Gasteiger partial charge in [0.1, 0.15) is 0 Å². The highest BCUT2D eigenvalue weighted by atomic mass is 16.1. The lowest BCUT2D eigenvalue weighted by Gasteiger charge is -2.16. The van der Waals surface area contributed by atoms with E-state index in [1.165, 1.54) is 0 Å². The molecule has 0 unspecified atom stereocenters. The topological polar surface area (TPSA) is 44.4 Å². The summed E-state index contributed by atoms with van der Waals surface area (Å²) in [6.07, 6.45) is 0.884. The van der Waals surface area contributed by atoms with Crippen LogP contribution >= 0.6 is 0 Å². The zero-order valence-corrected chi connectivity index (χ0v) is 7.26. The van der Waals surface area contributed by atoms with Crippen LogP contribution in [0.25, 0.3) is 0 Å². The minimum Gasteiger partial charge on any atom is -0.343 e. The molecule has 66 valence electrons. The molecule has 4 nitrogen and oxygen atoms in total. The Morgan fingerprint density at radius 3 is 1.91 bits per heavy atom. The third-order valence-corrected chi connectivity index (χ3v) is 1.45. The Labute approximate surface area is 67.9 Å². The molecule has 0 heterocycles. The van der Waals surface area contributed by atoms with Crippen molar-refractivity contribution < 1.29 is 4.79 Å². The number of nitrogens with one attached hydrogen (secondary N) is 2. The zero-order chi connectivity index (χ0) is 8.53. The van der Waals surface area contributed by atoms with E-state index in [2.05, 4.69) is 10.6 Å². The number of carbonyl (C=O) groups excluding carboxylic acids is 1. The van der Waals surface area contributed by atoms with Gasteiger partial charge in [-0.2, -0.15) is 0 Å². The van der Waals surface area contributed by atoms with Gasteiger partial charge in [0.25, 0.3) is 0 Å². The smallest absolute Gasteiger partial charge is 0.209 e. The van der Waals surface area contributed by atoms with Gasteiger partial charge >= 0.3 is 0 Å². The Hall–Kier alpha value is -0.610. The summed E-state index contributed by atoms with van der Waals surface area (Å²) in [4.78, 5) is 12.1. The van der Waals surface area contributed by atoms with E-state index in [4.69, 9.17) is 0 Å². The minimum atomic E-state index is 0.779. The summed E-state index contributed by atoms with van der Waals surface area (Å²) in [7, 11) is 3.75. The molecule has 4 heteroatoms. The molecule has 0 bridgehead atoms. The van der Waals surface area contributed by atoms with Gasteiger partial charge in [-0.25, -0.2) is 0 Å².